The van der Waals surface area contributed by atoms with Gasteiger partial charge in [0.15, 0.2) is 0 Å². The molecule has 1 aliphatic rings. The van der Waals surface area contributed by atoms with Crippen LogP contribution in [0.5, 0.6) is 0 Å². The van der Waals surface area contributed by atoms with Crippen LogP contribution in [0.15, 0.2) is 18.5 Å². The van der Waals surface area contributed by atoms with Crippen LogP contribution in [0, 0.1) is 0 Å². The molecule has 0 N–H and O–H groups in total. The first-order valence-corrected chi connectivity index (χ1v) is 6.22. The maximum atomic E-state index is 11.2. The van der Waals surface area contributed by atoms with Crippen molar-refractivity contribution in [2.24, 2.45) is 0 Å². The van der Waals surface area contributed by atoms with Gasteiger partial charge in [-0.1, -0.05) is 0 Å². The molecule has 0 atom stereocenters. The van der Waals surface area contributed by atoms with Crippen molar-refractivity contribution in [3.05, 3.63) is 18.5 Å². The van der Waals surface area contributed by atoms with Gasteiger partial charge in [-0.2, -0.15) is 0 Å². The smallest absolute Gasteiger partial charge is 0.225 e. The van der Waals surface area contributed by atoms with E-state index < -0.39 is 7.80 Å². The molecule has 1 aromatic rings. The SMILES string of the molecule is O=[PH]1CCN(c2ncccn2)CC1. The van der Waals surface area contributed by atoms with Crippen LogP contribution in [0.4, 0.5) is 5.95 Å². The van der Waals surface area contributed by atoms with Crippen molar-refractivity contribution >= 4 is 13.7 Å². The molecule has 0 bridgehead atoms. The minimum absolute atomic E-state index is 0.761. The Morgan fingerprint density at radius 1 is 1.23 bits per heavy atom. The van der Waals surface area contributed by atoms with Crippen LogP contribution in [0.2, 0.25) is 0 Å². The van der Waals surface area contributed by atoms with E-state index in [1.54, 1.807) is 18.5 Å². The van der Waals surface area contributed by atoms with E-state index in [9.17, 15) is 4.57 Å². The number of anilines is 1. The summed E-state index contributed by atoms with van der Waals surface area (Å²) in [7, 11) is -1.28. The summed E-state index contributed by atoms with van der Waals surface area (Å²) in [4.78, 5) is 10.4. The molecule has 1 saturated heterocycles. The van der Waals surface area contributed by atoms with Gasteiger partial charge in [-0.05, 0) is 6.07 Å². The highest BCUT2D eigenvalue weighted by molar-refractivity contribution is 7.44. The van der Waals surface area contributed by atoms with E-state index in [0.717, 1.165) is 31.4 Å². The Balaban J connectivity index is 2.07. The second-order valence-corrected chi connectivity index (χ2v) is 5.15. The Hall–Kier alpha value is -0.890. The molecule has 2 rings (SSSR count). The normalized spacial score (nSPS) is 18.9. The van der Waals surface area contributed by atoms with Gasteiger partial charge in [-0.15, -0.1) is 0 Å². The zero-order valence-electron chi connectivity index (χ0n) is 7.31. The molecule has 0 spiro atoms. The van der Waals surface area contributed by atoms with E-state index in [1.165, 1.54) is 0 Å². The molecular weight excluding hydrogens is 185 g/mol. The highest BCUT2D eigenvalue weighted by Crippen LogP contribution is 2.25. The molecule has 1 aromatic heterocycles. The minimum Gasteiger partial charge on any atom is -0.340 e. The average molecular weight is 197 g/mol. The van der Waals surface area contributed by atoms with Crippen LogP contribution in [-0.4, -0.2) is 35.4 Å². The molecule has 70 valence electrons. The van der Waals surface area contributed by atoms with Gasteiger partial charge in [0.05, 0.1) is 7.80 Å². The van der Waals surface area contributed by atoms with Crippen molar-refractivity contribution in [3.8, 4) is 0 Å². The molecule has 4 nitrogen and oxygen atoms in total. The number of hydrogen-bond acceptors (Lipinski definition) is 4. The van der Waals surface area contributed by atoms with Gasteiger partial charge >= 0.3 is 0 Å². The van der Waals surface area contributed by atoms with Gasteiger partial charge in [0, 0.05) is 37.8 Å². The highest BCUT2D eigenvalue weighted by Gasteiger charge is 2.16. The summed E-state index contributed by atoms with van der Waals surface area (Å²) < 4.78 is 11.2. The molecule has 0 unspecified atom stereocenters. The molecule has 0 radical (unpaired) electrons. The summed E-state index contributed by atoms with van der Waals surface area (Å²) in [6, 6.07) is 1.80. The summed E-state index contributed by atoms with van der Waals surface area (Å²) in [5.41, 5.74) is 0. The first kappa shape index (κ1) is 8.70. The largest absolute Gasteiger partial charge is 0.340 e. The molecule has 13 heavy (non-hydrogen) atoms. The van der Waals surface area contributed by atoms with Crippen molar-refractivity contribution < 1.29 is 4.57 Å². The van der Waals surface area contributed by atoms with Gasteiger partial charge in [0.25, 0.3) is 0 Å². The summed E-state index contributed by atoms with van der Waals surface area (Å²) in [6.07, 6.45) is 5.09. The monoisotopic (exact) mass is 197 g/mol. The van der Waals surface area contributed by atoms with Gasteiger partial charge in [0.1, 0.15) is 0 Å². The number of rotatable bonds is 1. The lowest BCUT2D eigenvalue weighted by Crippen LogP contribution is -2.33. The zero-order valence-corrected chi connectivity index (χ0v) is 8.31. The summed E-state index contributed by atoms with van der Waals surface area (Å²) in [6.45, 7) is 1.67. The van der Waals surface area contributed by atoms with E-state index in [2.05, 4.69) is 14.9 Å². The molecule has 5 heteroatoms. The summed E-state index contributed by atoms with van der Waals surface area (Å²) >= 11 is 0. The Morgan fingerprint density at radius 2 is 1.85 bits per heavy atom. The quantitative estimate of drug-likeness (QED) is 0.626. The summed E-state index contributed by atoms with van der Waals surface area (Å²) in [5.74, 6) is 0.761. The molecule has 0 aromatic carbocycles. The van der Waals surface area contributed by atoms with E-state index in [4.69, 9.17) is 0 Å². The average Bonchev–Trinajstić information content (AvgIpc) is 2.20. The van der Waals surface area contributed by atoms with Crippen LogP contribution in [0.25, 0.3) is 0 Å². The lowest BCUT2D eigenvalue weighted by Gasteiger charge is -2.25. The standard InChI is InChI=1S/C8H12N3OP/c12-13-6-4-11(5-7-13)8-9-2-1-3-10-8/h1-3,13H,4-7H2. The second kappa shape index (κ2) is 3.88. The Kier molecular flexibility index (Phi) is 2.60. The van der Waals surface area contributed by atoms with Crippen molar-refractivity contribution in [3.63, 3.8) is 0 Å². The van der Waals surface area contributed by atoms with Crippen LogP contribution >= 0.6 is 7.80 Å². The molecule has 0 amide bonds. The molecule has 1 fully saturated rings. The van der Waals surface area contributed by atoms with Crippen molar-refractivity contribution in [2.45, 2.75) is 0 Å². The van der Waals surface area contributed by atoms with Gasteiger partial charge in [0.2, 0.25) is 5.95 Å². The maximum Gasteiger partial charge on any atom is 0.225 e. The third-order valence-electron chi connectivity index (χ3n) is 2.16. The Morgan fingerprint density at radius 3 is 2.46 bits per heavy atom. The third kappa shape index (κ3) is 2.07. The lowest BCUT2D eigenvalue weighted by atomic mass is 10.5. The number of aromatic nitrogens is 2. The number of hydrogen-bond donors (Lipinski definition) is 0. The number of nitrogens with zero attached hydrogens (tertiary/aromatic N) is 3. The second-order valence-electron chi connectivity index (χ2n) is 3.07. The topological polar surface area (TPSA) is 46.1 Å². The third-order valence-corrected chi connectivity index (χ3v) is 3.72. The van der Waals surface area contributed by atoms with Gasteiger partial charge in [-0.25, -0.2) is 9.97 Å². The van der Waals surface area contributed by atoms with Crippen LogP contribution < -0.4 is 4.90 Å². The minimum atomic E-state index is -1.28. The fraction of sp³-hybridized carbons (Fsp3) is 0.500. The highest BCUT2D eigenvalue weighted by atomic mass is 31.1. The van der Waals surface area contributed by atoms with Crippen molar-refractivity contribution in [1.29, 1.82) is 0 Å². The van der Waals surface area contributed by atoms with E-state index in [1.807, 2.05) is 0 Å². The molecule has 1 aliphatic heterocycles. The Labute approximate surface area is 77.8 Å². The first-order chi connectivity index (χ1) is 6.36. The van der Waals surface area contributed by atoms with E-state index >= 15 is 0 Å². The molecule has 2 heterocycles. The maximum absolute atomic E-state index is 11.2. The fourth-order valence-corrected chi connectivity index (χ4v) is 2.70. The molecular formula is C8H12N3OP. The van der Waals surface area contributed by atoms with E-state index in [-0.39, 0.29) is 0 Å². The fourth-order valence-electron chi connectivity index (χ4n) is 1.41. The Bertz CT molecular complexity index is 294. The van der Waals surface area contributed by atoms with Gasteiger partial charge < -0.3 is 9.46 Å². The predicted octanol–water partition coefficient (Wildman–Crippen LogP) is 0.856. The summed E-state index contributed by atoms with van der Waals surface area (Å²) in [5, 5.41) is 0. The van der Waals surface area contributed by atoms with Crippen molar-refractivity contribution in [1.82, 2.24) is 9.97 Å². The van der Waals surface area contributed by atoms with Gasteiger partial charge in [-0.3, -0.25) is 0 Å². The van der Waals surface area contributed by atoms with Crippen molar-refractivity contribution in [2.75, 3.05) is 30.3 Å². The lowest BCUT2D eigenvalue weighted by molar-refractivity contribution is 0.581. The van der Waals surface area contributed by atoms with E-state index in [0.29, 0.717) is 0 Å². The predicted molar refractivity (Wildman–Crippen MR) is 53.0 cm³/mol. The molecule has 0 saturated carbocycles. The van der Waals surface area contributed by atoms with Crippen LogP contribution in [0.1, 0.15) is 0 Å². The molecule has 0 aliphatic carbocycles. The van der Waals surface area contributed by atoms with Crippen LogP contribution in [0.3, 0.4) is 0 Å². The first-order valence-electron chi connectivity index (χ1n) is 4.40. The van der Waals surface area contributed by atoms with Crippen LogP contribution in [-0.2, 0) is 4.57 Å². The zero-order chi connectivity index (χ0) is 9.10.